The molecule has 0 spiro atoms. The number of nitrogens with zero attached hydrogens (tertiary/aromatic N) is 1. The van der Waals surface area contributed by atoms with E-state index in [1.807, 2.05) is 0 Å². The Kier molecular flexibility index (Phi) is 4.81. The molecule has 0 amide bonds. The third-order valence-electron chi connectivity index (χ3n) is 2.71. The first-order valence-electron chi connectivity index (χ1n) is 6.19. The Balaban J connectivity index is 2.24. The number of hydrazone groups is 1. The van der Waals surface area contributed by atoms with Crippen LogP contribution in [0.25, 0.3) is 11.3 Å². The van der Waals surface area contributed by atoms with Gasteiger partial charge in [0.15, 0.2) is 5.11 Å². The number of rotatable bonds is 3. The predicted octanol–water partition coefficient (Wildman–Crippen LogP) is 3.39. The monoisotopic (exact) mass is 327 g/mol. The average Bonchev–Trinajstić information content (AvgIpc) is 2.95. The molecule has 0 aliphatic heterocycles. The van der Waals surface area contributed by atoms with Gasteiger partial charge in [-0.3, -0.25) is 5.43 Å². The fourth-order valence-corrected chi connectivity index (χ4v) is 1.78. The Labute approximate surface area is 130 Å². The lowest BCUT2D eigenvalue weighted by Gasteiger charge is -2.10. The molecule has 0 fully saturated rings. The molecule has 2 aromatic rings. The van der Waals surface area contributed by atoms with Gasteiger partial charge in [-0.2, -0.15) is 18.3 Å². The van der Waals surface area contributed by atoms with Gasteiger partial charge in [0, 0.05) is 12.6 Å². The summed E-state index contributed by atoms with van der Waals surface area (Å²) in [6, 6.07) is 8.21. The van der Waals surface area contributed by atoms with Crippen LogP contribution in [0.5, 0.6) is 0 Å². The van der Waals surface area contributed by atoms with Crippen LogP contribution < -0.4 is 10.7 Å². The summed E-state index contributed by atoms with van der Waals surface area (Å²) in [5, 5.41) is 6.76. The third-order valence-corrected chi connectivity index (χ3v) is 3.01. The van der Waals surface area contributed by atoms with Crippen molar-refractivity contribution in [3.05, 3.63) is 47.7 Å². The van der Waals surface area contributed by atoms with Crippen LogP contribution in [-0.4, -0.2) is 18.4 Å². The van der Waals surface area contributed by atoms with Crippen molar-refractivity contribution in [1.82, 2.24) is 10.7 Å². The molecule has 1 heterocycles. The molecule has 116 valence electrons. The van der Waals surface area contributed by atoms with Crippen LogP contribution >= 0.6 is 12.2 Å². The van der Waals surface area contributed by atoms with Crippen LogP contribution in [0.2, 0.25) is 0 Å². The summed E-state index contributed by atoms with van der Waals surface area (Å²) in [7, 11) is 1.63. The van der Waals surface area contributed by atoms with Crippen molar-refractivity contribution in [3.8, 4) is 11.3 Å². The predicted molar refractivity (Wildman–Crippen MR) is 81.5 cm³/mol. The van der Waals surface area contributed by atoms with Crippen LogP contribution in [0.3, 0.4) is 0 Å². The zero-order valence-corrected chi connectivity index (χ0v) is 12.3. The molecule has 1 aromatic carbocycles. The number of hydrogen-bond acceptors (Lipinski definition) is 3. The molecule has 4 nitrogen and oxygen atoms in total. The van der Waals surface area contributed by atoms with Gasteiger partial charge >= 0.3 is 6.18 Å². The van der Waals surface area contributed by atoms with Gasteiger partial charge in [-0.15, -0.1) is 0 Å². The van der Waals surface area contributed by atoms with Gasteiger partial charge in [0.2, 0.25) is 0 Å². The second-order valence-electron chi connectivity index (χ2n) is 4.19. The topological polar surface area (TPSA) is 49.6 Å². The summed E-state index contributed by atoms with van der Waals surface area (Å²) < 4.78 is 44.3. The molecule has 0 aliphatic rings. The highest BCUT2D eigenvalue weighted by Crippen LogP contribution is 2.37. The van der Waals surface area contributed by atoms with Crippen LogP contribution in [0.1, 0.15) is 11.3 Å². The minimum Gasteiger partial charge on any atom is -0.455 e. The Hall–Kier alpha value is -2.35. The van der Waals surface area contributed by atoms with E-state index in [4.69, 9.17) is 16.6 Å². The maximum atomic E-state index is 13.0. The maximum absolute atomic E-state index is 13.0. The second-order valence-corrected chi connectivity index (χ2v) is 4.60. The van der Waals surface area contributed by atoms with E-state index in [1.165, 1.54) is 36.5 Å². The largest absolute Gasteiger partial charge is 0.455 e. The van der Waals surface area contributed by atoms with Crippen LogP contribution in [0, 0.1) is 0 Å². The van der Waals surface area contributed by atoms with Gasteiger partial charge in [0.05, 0.1) is 11.8 Å². The van der Waals surface area contributed by atoms with E-state index in [0.29, 0.717) is 10.9 Å². The molecule has 0 radical (unpaired) electrons. The van der Waals surface area contributed by atoms with E-state index in [1.54, 1.807) is 7.05 Å². The van der Waals surface area contributed by atoms with Crippen LogP contribution in [0.4, 0.5) is 13.2 Å². The second kappa shape index (κ2) is 6.61. The van der Waals surface area contributed by atoms with E-state index in [9.17, 15) is 13.2 Å². The molecule has 1 aromatic heterocycles. The number of thiocarbonyl (C=S) groups is 1. The SMILES string of the molecule is CNC(=S)N/N=C\c1ccc(-c2ccccc2C(F)(F)F)o1. The molecular formula is C14H12F3N3OS. The summed E-state index contributed by atoms with van der Waals surface area (Å²) in [4.78, 5) is 0. The van der Waals surface area contributed by atoms with Gasteiger partial charge in [0.1, 0.15) is 11.5 Å². The molecule has 0 atom stereocenters. The zero-order chi connectivity index (χ0) is 16.2. The lowest BCUT2D eigenvalue weighted by atomic mass is 10.1. The highest BCUT2D eigenvalue weighted by Gasteiger charge is 2.34. The van der Waals surface area contributed by atoms with Crippen molar-refractivity contribution in [2.24, 2.45) is 5.10 Å². The highest BCUT2D eigenvalue weighted by atomic mass is 32.1. The summed E-state index contributed by atoms with van der Waals surface area (Å²) in [6.07, 6.45) is -3.12. The number of nitrogens with one attached hydrogen (secondary N) is 2. The molecule has 0 saturated carbocycles. The van der Waals surface area contributed by atoms with E-state index in [-0.39, 0.29) is 11.3 Å². The fraction of sp³-hybridized carbons (Fsp3) is 0.143. The molecule has 2 N–H and O–H groups in total. The first kappa shape index (κ1) is 16.0. The molecule has 2 rings (SSSR count). The van der Waals surface area contributed by atoms with Crippen LogP contribution in [-0.2, 0) is 6.18 Å². The minimum absolute atomic E-state index is 0.0200. The van der Waals surface area contributed by atoms with Gasteiger partial charge in [-0.25, -0.2) is 0 Å². The maximum Gasteiger partial charge on any atom is 0.417 e. The molecule has 0 aliphatic carbocycles. The van der Waals surface area contributed by atoms with Crippen molar-refractivity contribution in [1.29, 1.82) is 0 Å². The number of hydrogen-bond donors (Lipinski definition) is 2. The smallest absolute Gasteiger partial charge is 0.417 e. The lowest BCUT2D eigenvalue weighted by molar-refractivity contribution is -0.137. The molecular weight excluding hydrogens is 315 g/mol. The lowest BCUT2D eigenvalue weighted by Crippen LogP contribution is -2.28. The van der Waals surface area contributed by atoms with Crippen LogP contribution in [0.15, 0.2) is 45.9 Å². The Morgan fingerprint density at radius 2 is 1.95 bits per heavy atom. The fourth-order valence-electron chi connectivity index (χ4n) is 1.72. The molecule has 0 saturated heterocycles. The van der Waals surface area contributed by atoms with Gasteiger partial charge in [0.25, 0.3) is 0 Å². The van der Waals surface area contributed by atoms with Crippen molar-refractivity contribution >= 4 is 23.5 Å². The summed E-state index contributed by atoms with van der Waals surface area (Å²) >= 11 is 4.82. The number of benzene rings is 1. The van der Waals surface area contributed by atoms with E-state index in [2.05, 4.69) is 15.8 Å². The van der Waals surface area contributed by atoms with Crippen molar-refractivity contribution in [2.45, 2.75) is 6.18 Å². The quantitative estimate of drug-likeness (QED) is 0.515. The summed E-state index contributed by atoms with van der Waals surface area (Å²) in [5.41, 5.74) is 1.75. The van der Waals surface area contributed by atoms with E-state index < -0.39 is 11.7 Å². The molecule has 8 heteroatoms. The Morgan fingerprint density at radius 3 is 2.64 bits per heavy atom. The summed E-state index contributed by atoms with van der Waals surface area (Å²) in [6.45, 7) is 0. The molecule has 0 bridgehead atoms. The number of furan rings is 1. The highest BCUT2D eigenvalue weighted by molar-refractivity contribution is 7.80. The summed E-state index contributed by atoms with van der Waals surface area (Å²) in [5.74, 6) is 0.420. The average molecular weight is 327 g/mol. The van der Waals surface area contributed by atoms with Gasteiger partial charge in [-0.05, 0) is 30.4 Å². The van der Waals surface area contributed by atoms with Gasteiger partial charge in [-0.1, -0.05) is 18.2 Å². The van der Waals surface area contributed by atoms with Crippen molar-refractivity contribution < 1.29 is 17.6 Å². The number of alkyl halides is 3. The van der Waals surface area contributed by atoms with Crippen molar-refractivity contribution in [3.63, 3.8) is 0 Å². The Bertz CT molecular complexity index is 695. The molecule has 0 unspecified atom stereocenters. The normalized spacial score (nSPS) is 11.6. The standard InChI is InChI=1S/C14H12F3N3OS/c1-18-13(22)20-19-8-9-6-7-12(21-9)10-4-2-3-5-11(10)14(15,16)17/h2-8H,1H3,(H2,18,20,22)/b19-8-. The van der Waals surface area contributed by atoms with E-state index >= 15 is 0 Å². The zero-order valence-electron chi connectivity index (χ0n) is 11.4. The van der Waals surface area contributed by atoms with E-state index in [0.717, 1.165) is 6.07 Å². The number of halogens is 3. The first-order valence-corrected chi connectivity index (χ1v) is 6.60. The molecule has 22 heavy (non-hydrogen) atoms. The first-order chi connectivity index (χ1) is 10.4. The van der Waals surface area contributed by atoms with Gasteiger partial charge < -0.3 is 9.73 Å². The Morgan fingerprint density at radius 1 is 1.23 bits per heavy atom. The minimum atomic E-state index is -4.45. The third kappa shape index (κ3) is 3.85. The van der Waals surface area contributed by atoms with Crippen molar-refractivity contribution in [2.75, 3.05) is 7.05 Å².